The van der Waals surface area contributed by atoms with Gasteiger partial charge in [-0.1, -0.05) is 36.4 Å². The molecule has 0 saturated carbocycles. The first-order valence-electron chi connectivity index (χ1n) is 9.73. The number of aliphatic hydroxyl groups is 1. The first-order chi connectivity index (χ1) is 15.1. The Labute approximate surface area is 181 Å². The van der Waals surface area contributed by atoms with Gasteiger partial charge in [-0.2, -0.15) is 18.4 Å². The summed E-state index contributed by atoms with van der Waals surface area (Å²) >= 11 is 0. The van der Waals surface area contributed by atoms with Crippen molar-refractivity contribution in [3.8, 4) is 6.07 Å². The van der Waals surface area contributed by atoms with Gasteiger partial charge in [0.15, 0.2) is 5.60 Å². The quantitative estimate of drug-likeness (QED) is 0.468. The molecule has 1 amide bonds. The van der Waals surface area contributed by atoms with Gasteiger partial charge in [0.05, 0.1) is 23.7 Å². The normalized spacial score (nSPS) is 13.6. The number of hydrogen-bond acceptors (Lipinski definition) is 3. The van der Waals surface area contributed by atoms with Gasteiger partial charge >= 0.3 is 6.18 Å². The molecule has 0 saturated heterocycles. The molecule has 4 aromatic rings. The van der Waals surface area contributed by atoms with E-state index in [4.69, 9.17) is 5.26 Å². The molecule has 4 rings (SSSR count). The van der Waals surface area contributed by atoms with E-state index in [1.807, 2.05) is 53.1 Å². The minimum absolute atomic E-state index is 0.116. The third-order valence-electron chi connectivity index (χ3n) is 5.34. The predicted molar refractivity (Wildman–Crippen MR) is 115 cm³/mol. The van der Waals surface area contributed by atoms with Gasteiger partial charge < -0.3 is 15.0 Å². The first-order valence-corrected chi connectivity index (χ1v) is 9.73. The van der Waals surface area contributed by atoms with Gasteiger partial charge in [0.2, 0.25) is 0 Å². The number of fused-ring (bicyclic) bond motifs is 3. The summed E-state index contributed by atoms with van der Waals surface area (Å²) in [7, 11) is 0. The molecule has 0 spiro atoms. The lowest BCUT2D eigenvalue weighted by Gasteiger charge is -2.24. The van der Waals surface area contributed by atoms with E-state index in [1.165, 1.54) is 19.1 Å². The minimum Gasteiger partial charge on any atom is -0.378 e. The number of rotatable bonds is 4. The van der Waals surface area contributed by atoms with Crippen molar-refractivity contribution >= 4 is 33.4 Å². The first kappa shape index (κ1) is 21.4. The van der Waals surface area contributed by atoms with Gasteiger partial charge in [-0.05, 0) is 37.3 Å². The summed E-state index contributed by atoms with van der Waals surface area (Å²) in [5.74, 6) is -0.864. The number of aromatic nitrogens is 1. The summed E-state index contributed by atoms with van der Waals surface area (Å²) < 4.78 is 41.5. The van der Waals surface area contributed by atoms with Crippen molar-refractivity contribution in [2.45, 2.75) is 25.2 Å². The molecule has 0 radical (unpaired) electrons. The third kappa shape index (κ3) is 3.79. The summed E-state index contributed by atoms with van der Waals surface area (Å²) in [6.07, 6.45) is -4.75. The van der Waals surface area contributed by atoms with Crippen LogP contribution in [0.4, 0.5) is 18.9 Å². The SMILES string of the molecule is CC(O)(Cn1c2ccccc2c2ccccc21)C(=O)Nc1ccc(C#N)c(C(F)(F)F)c1. The molecule has 0 aliphatic carbocycles. The maximum atomic E-state index is 13.2. The topological polar surface area (TPSA) is 78.1 Å². The number of nitrogens with zero attached hydrogens (tertiary/aromatic N) is 2. The molecule has 8 heteroatoms. The van der Waals surface area contributed by atoms with Gasteiger partial charge in [0, 0.05) is 27.5 Å². The standard InChI is InChI=1S/C24H18F3N3O2/c1-23(32,22(31)29-16-11-10-15(13-28)19(12-16)24(25,26)27)14-30-20-8-4-2-6-17(20)18-7-3-5-9-21(18)30/h2-12,32H,14H2,1H3,(H,29,31). The molecule has 1 heterocycles. The maximum Gasteiger partial charge on any atom is 0.417 e. The Morgan fingerprint density at radius 3 is 2.12 bits per heavy atom. The van der Waals surface area contributed by atoms with E-state index in [-0.39, 0.29) is 12.2 Å². The Morgan fingerprint density at radius 1 is 1.03 bits per heavy atom. The highest BCUT2D eigenvalue weighted by molar-refractivity contribution is 6.08. The molecular formula is C24H18F3N3O2. The van der Waals surface area contributed by atoms with Gasteiger partial charge in [0.1, 0.15) is 0 Å². The molecule has 0 fully saturated rings. The van der Waals surface area contributed by atoms with Crippen LogP contribution in [0.25, 0.3) is 21.8 Å². The number of alkyl halides is 3. The average Bonchev–Trinajstić information content (AvgIpc) is 3.06. The average molecular weight is 437 g/mol. The monoisotopic (exact) mass is 437 g/mol. The molecule has 1 unspecified atom stereocenters. The second kappa shape index (κ2) is 7.70. The highest BCUT2D eigenvalue weighted by Crippen LogP contribution is 2.34. The van der Waals surface area contributed by atoms with Crippen LogP contribution in [0.15, 0.2) is 66.7 Å². The lowest BCUT2D eigenvalue weighted by atomic mass is 10.0. The molecule has 1 aromatic heterocycles. The fraction of sp³-hybridized carbons (Fsp3) is 0.167. The van der Waals surface area contributed by atoms with Gasteiger partial charge in [0.25, 0.3) is 5.91 Å². The third-order valence-corrected chi connectivity index (χ3v) is 5.34. The molecule has 0 bridgehead atoms. The molecule has 162 valence electrons. The molecule has 0 aliphatic heterocycles. The zero-order valence-corrected chi connectivity index (χ0v) is 16.9. The number of anilines is 1. The minimum atomic E-state index is -4.75. The van der Waals surface area contributed by atoms with Crippen LogP contribution in [0, 0.1) is 11.3 Å². The van der Waals surface area contributed by atoms with Gasteiger partial charge in [-0.15, -0.1) is 0 Å². The van der Waals surface area contributed by atoms with E-state index in [9.17, 15) is 23.1 Å². The van der Waals surface area contributed by atoms with Crippen molar-refractivity contribution in [3.05, 3.63) is 77.9 Å². The van der Waals surface area contributed by atoms with Crippen LogP contribution >= 0.6 is 0 Å². The van der Waals surface area contributed by atoms with Crippen molar-refractivity contribution in [2.75, 3.05) is 5.32 Å². The molecule has 5 nitrogen and oxygen atoms in total. The van der Waals surface area contributed by atoms with Crippen LogP contribution in [0.2, 0.25) is 0 Å². The van der Waals surface area contributed by atoms with E-state index in [0.717, 1.165) is 27.9 Å². The molecule has 2 N–H and O–H groups in total. The Kier molecular flexibility index (Phi) is 5.15. The highest BCUT2D eigenvalue weighted by Gasteiger charge is 2.35. The van der Waals surface area contributed by atoms with Gasteiger partial charge in [-0.3, -0.25) is 4.79 Å². The fourth-order valence-corrected chi connectivity index (χ4v) is 3.77. The summed E-state index contributed by atoms with van der Waals surface area (Å²) in [5, 5.41) is 24.1. The van der Waals surface area contributed by atoms with Crippen LogP contribution in [0.5, 0.6) is 0 Å². The molecular weight excluding hydrogens is 419 g/mol. The van der Waals surface area contributed by atoms with Crippen LogP contribution in [-0.2, 0) is 17.5 Å². The Hall–Kier alpha value is -3.83. The van der Waals surface area contributed by atoms with E-state index in [1.54, 1.807) is 0 Å². The Bertz CT molecular complexity index is 1330. The fourth-order valence-electron chi connectivity index (χ4n) is 3.77. The van der Waals surface area contributed by atoms with Crippen molar-refractivity contribution in [3.63, 3.8) is 0 Å². The van der Waals surface area contributed by atoms with E-state index in [2.05, 4.69) is 5.32 Å². The van der Waals surface area contributed by atoms with E-state index < -0.39 is 28.8 Å². The summed E-state index contributed by atoms with van der Waals surface area (Å²) in [4.78, 5) is 12.8. The largest absolute Gasteiger partial charge is 0.417 e. The second-order valence-electron chi connectivity index (χ2n) is 7.72. The second-order valence-corrected chi connectivity index (χ2v) is 7.72. The van der Waals surface area contributed by atoms with Crippen molar-refractivity contribution in [2.24, 2.45) is 0 Å². The van der Waals surface area contributed by atoms with Crippen molar-refractivity contribution in [1.29, 1.82) is 5.26 Å². The number of hydrogen-bond donors (Lipinski definition) is 2. The smallest absolute Gasteiger partial charge is 0.378 e. The van der Waals surface area contributed by atoms with Crippen LogP contribution in [0.1, 0.15) is 18.1 Å². The molecule has 3 aromatic carbocycles. The zero-order chi connectivity index (χ0) is 23.1. The number of nitriles is 1. The summed E-state index contributed by atoms with van der Waals surface area (Å²) in [6.45, 7) is 1.19. The number of nitrogens with one attached hydrogen (secondary N) is 1. The van der Waals surface area contributed by atoms with Crippen molar-refractivity contribution in [1.82, 2.24) is 4.57 Å². The zero-order valence-electron chi connectivity index (χ0n) is 16.9. The number of para-hydroxylation sites is 2. The van der Waals surface area contributed by atoms with Crippen LogP contribution < -0.4 is 5.32 Å². The van der Waals surface area contributed by atoms with Crippen LogP contribution in [0.3, 0.4) is 0 Å². The highest BCUT2D eigenvalue weighted by atomic mass is 19.4. The summed E-state index contributed by atoms with van der Waals surface area (Å²) in [6, 6.07) is 19.5. The number of carbonyl (C=O) groups excluding carboxylic acids is 1. The van der Waals surface area contributed by atoms with E-state index >= 15 is 0 Å². The van der Waals surface area contributed by atoms with Crippen molar-refractivity contribution < 1.29 is 23.1 Å². The number of halogens is 3. The Morgan fingerprint density at radius 2 is 1.59 bits per heavy atom. The number of amides is 1. The van der Waals surface area contributed by atoms with Gasteiger partial charge in [-0.25, -0.2) is 0 Å². The molecule has 1 atom stereocenters. The van der Waals surface area contributed by atoms with Crippen LogP contribution in [-0.4, -0.2) is 21.2 Å². The maximum absolute atomic E-state index is 13.2. The summed E-state index contributed by atoms with van der Waals surface area (Å²) in [5.41, 5.74) is -2.16. The van der Waals surface area contributed by atoms with E-state index in [0.29, 0.717) is 6.07 Å². The molecule has 32 heavy (non-hydrogen) atoms. The lowest BCUT2D eigenvalue weighted by molar-refractivity contribution is -0.138. The molecule has 0 aliphatic rings. The Balaban J connectivity index is 1.67. The number of benzene rings is 3. The predicted octanol–water partition coefficient (Wildman–Crippen LogP) is 5.07. The lowest BCUT2D eigenvalue weighted by Crippen LogP contribution is -2.43. The number of carbonyl (C=O) groups is 1.